The molecule has 1 aliphatic carbocycles. The first-order valence-electron chi connectivity index (χ1n) is 6.65. The summed E-state index contributed by atoms with van der Waals surface area (Å²) < 4.78 is 0. The van der Waals surface area contributed by atoms with Gasteiger partial charge in [-0.05, 0) is 38.1 Å². The highest BCUT2D eigenvalue weighted by Crippen LogP contribution is 2.27. The predicted molar refractivity (Wildman–Crippen MR) is 74.6 cm³/mol. The Kier molecular flexibility index (Phi) is 8.61. The molecule has 3 nitrogen and oxygen atoms in total. The first-order chi connectivity index (χ1) is 7.67. The van der Waals surface area contributed by atoms with Crippen molar-refractivity contribution < 1.29 is 4.79 Å². The van der Waals surface area contributed by atoms with Crippen LogP contribution >= 0.6 is 12.4 Å². The van der Waals surface area contributed by atoms with Crippen LogP contribution < -0.4 is 5.32 Å². The lowest BCUT2D eigenvalue weighted by Gasteiger charge is -2.24. The van der Waals surface area contributed by atoms with Gasteiger partial charge in [0, 0.05) is 13.1 Å². The van der Waals surface area contributed by atoms with Gasteiger partial charge in [0.15, 0.2) is 0 Å². The number of hydrogen-bond donors (Lipinski definition) is 1. The van der Waals surface area contributed by atoms with Gasteiger partial charge in [-0.15, -0.1) is 12.4 Å². The van der Waals surface area contributed by atoms with Crippen molar-refractivity contribution >= 4 is 18.3 Å². The van der Waals surface area contributed by atoms with Crippen molar-refractivity contribution in [2.75, 3.05) is 26.2 Å². The number of nitrogens with zero attached hydrogens (tertiary/aromatic N) is 1. The Labute approximate surface area is 112 Å². The number of rotatable bonds is 8. The minimum Gasteiger partial charge on any atom is -0.342 e. The van der Waals surface area contributed by atoms with Gasteiger partial charge in [0.25, 0.3) is 0 Å². The number of carbonyl (C=O) groups is 1. The minimum absolute atomic E-state index is 0. The first kappa shape index (κ1) is 16.7. The Morgan fingerprint density at radius 3 is 2.53 bits per heavy atom. The van der Waals surface area contributed by atoms with Crippen molar-refractivity contribution in [1.29, 1.82) is 0 Å². The highest BCUT2D eigenvalue weighted by molar-refractivity contribution is 5.85. The Balaban J connectivity index is 0.00000256. The lowest BCUT2D eigenvalue weighted by atomic mass is 10.1. The summed E-state index contributed by atoms with van der Waals surface area (Å²) in [5.74, 6) is 1.70. The molecule has 1 rings (SSSR count). The maximum Gasteiger partial charge on any atom is 0.236 e. The zero-order valence-corrected chi connectivity index (χ0v) is 12.2. The molecule has 0 aromatic rings. The van der Waals surface area contributed by atoms with Crippen molar-refractivity contribution in [2.24, 2.45) is 11.8 Å². The van der Waals surface area contributed by atoms with Gasteiger partial charge in [-0.3, -0.25) is 4.79 Å². The van der Waals surface area contributed by atoms with Crippen LogP contribution in [0.25, 0.3) is 0 Å². The molecule has 0 aromatic carbocycles. The molecule has 1 unspecified atom stereocenters. The Morgan fingerprint density at radius 2 is 2.06 bits per heavy atom. The molecule has 0 heterocycles. The van der Waals surface area contributed by atoms with Gasteiger partial charge in [-0.2, -0.15) is 0 Å². The normalized spacial score (nSPS) is 16.2. The van der Waals surface area contributed by atoms with E-state index in [1.807, 2.05) is 4.90 Å². The highest BCUT2D eigenvalue weighted by atomic mass is 35.5. The summed E-state index contributed by atoms with van der Waals surface area (Å²) in [6.45, 7) is 9.70. The molecular formula is C13H27ClN2O. The molecule has 1 saturated carbocycles. The Hall–Kier alpha value is -0.280. The lowest BCUT2D eigenvalue weighted by molar-refractivity contribution is -0.130. The topological polar surface area (TPSA) is 32.3 Å². The minimum atomic E-state index is 0. The largest absolute Gasteiger partial charge is 0.342 e. The number of halogens is 1. The average Bonchev–Trinajstić information content (AvgIpc) is 3.09. The molecule has 17 heavy (non-hydrogen) atoms. The molecule has 102 valence electrons. The Bertz CT molecular complexity index is 219. The fourth-order valence-electron chi connectivity index (χ4n) is 1.73. The number of likely N-dealkylation sites (N-methyl/N-ethyl adjacent to an activating group) is 1. The third-order valence-electron chi connectivity index (χ3n) is 3.37. The summed E-state index contributed by atoms with van der Waals surface area (Å²) in [5.41, 5.74) is 0. The third-order valence-corrected chi connectivity index (χ3v) is 3.37. The smallest absolute Gasteiger partial charge is 0.236 e. The van der Waals surface area contributed by atoms with Gasteiger partial charge in [0.1, 0.15) is 0 Å². The molecule has 1 atom stereocenters. The highest BCUT2D eigenvalue weighted by Gasteiger charge is 2.21. The van der Waals surface area contributed by atoms with Gasteiger partial charge in [0.2, 0.25) is 5.91 Å². The van der Waals surface area contributed by atoms with Gasteiger partial charge < -0.3 is 10.2 Å². The van der Waals surface area contributed by atoms with Gasteiger partial charge in [-0.1, -0.05) is 20.3 Å². The molecule has 1 N–H and O–H groups in total. The summed E-state index contributed by atoms with van der Waals surface area (Å²) in [7, 11) is 0. The summed E-state index contributed by atoms with van der Waals surface area (Å²) in [6.07, 6.45) is 3.82. The second-order valence-electron chi connectivity index (χ2n) is 5.02. The van der Waals surface area contributed by atoms with E-state index in [4.69, 9.17) is 0 Å². The number of carbonyl (C=O) groups excluding carboxylic acids is 1. The van der Waals surface area contributed by atoms with Crippen molar-refractivity contribution in [3.05, 3.63) is 0 Å². The van der Waals surface area contributed by atoms with E-state index in [2.05, 4.69) is 26.1 Å². The number of amides is 1. The van der Waals surface area contributed by atoms with Crippen molar-refractivity contribution in [3.63, 3.8) is 0 Å². The molecule has 0 aromatic heterocycles. The van der Waals surface area contributed by atoms with Crippen LogP contribution in [0.3, 0.4) is 0 Å². The molecule has 0 radical (unpaired) electrons. The van der Waals surface area contributed by atoms with Crippen LogP contribution in [0.1, 0.15) is 40.0 Å². The molecule has 0 spiro atoms. The summed E-state index contributed by atoms with van der Waals surface area (Å²) in [6, 6.07) is 0. The van der Waals surface area contributed by atoms with Crippen LogP contribution in [-0.2, 0) is 4.79 Å². The van der Waals surface area contributed by atoms with Gasteiger partial charge in [-0.25, -0.2) is 0 Å². The molecule has 4 heteroatoms. The molecule has 0 aliphatic heterocycles. The summed E-state index contributed by atoms with van der Waals surface area (Å²) >= 11 is 0. The van der Waals surface area contributed by atoms with E-state index in [9.17, 15) is 4.79 Å². The zero-order chi connectivity index (χ0) is 12.0. The van der Waals surface area contributed by atoms with E-state index < -0.39 is 0 Å². The van der Waals surface area contributed by atoms with Crippen LogP contribution in [0, 0.1) is 11.8 Å². The molecule has 1 aliphatic rings. The van der Waals surface area contributed by atoms with E-state index in [1.54, 1.807) is 0 Å². The maximum absolute atomic E-state index is 11.9. The Morgan fingerprint density at radius 1 is 1.41 bits per heavy atom. The SMILES string of the molecule is CCC(C)CN(CC)C(=O)CNCC1CC1.Cl. The van der Waals surface area contributed by atoms with Crippen LogP contribution in [0.2, 0.25) is 0 Å². The number of hydrogen-bond acceptors (Lipinski definition) is 2. The quantitative estimate of drug-likeness (QED) is 0.728. The average molecular weight is 263 g/mol. The van der Waals surface area contributed by atoms with E-state index >= 15 is 0 Å². The third kappa shape index (κ3) is 6.89. The first-order valence-corrected chi connectivity index (χ1v) is 6.65. The van der Waals surface area contributed by atoms with E-state index in [-0.39, 0.29) is 18.3 Å². The molecular weight excluding hydrogens is 236 g/mol. The molecule has 1 amide bonds. The second kappa shape index (κ2) is 8.76. The summed E-state index contributed by atoms with van der Waals surface area (Å²) in [4.78, 5) is 13.9. The van der Waals surface area contributed by atoms with Crippen LogP contribution in [0.4, 0.5) is 0 Å². The molecule has 1 fully saturated rings. The van der Waals surface area contributed by atoms with Gasteiger partial charge in [0.05, 0.1) is 6.54 Å². The predicted octanol–water partition coefficient (Wildman–Crippen LogP) is 2.30. The van der Waals surface area contributed by atoms with Crippen molar-refractivity contribution in [3.8, 4) is 0 Å². The van der Waals surface area contributed by atoms with Gasteiger partial charge >= 0.3 is 0 Å². The van der Waals surface area contributed by atoms with Crippen molar-refractivity contribution in [1.82, 2.24) is 10.2 Å². The van der Waals surface area contributed by atoms with Crippen LogP contribution in [-0.4, -0.2) is 37.0 Å². The maximum atomic E-state index is 11.9. The van der Waals surface area contributed by atoms with Crippen LogP contribution in [0.15, 0.2) is 0 Å². The second-order valence-corrected chi connectivity index (χ2v) is 5.02. The molecule has 0 bridgehead atoms. The monoisotopic (exact) mass is 262 g/mol. The standard InChI is InChI=1S/C13H26N2O.ClH/c1-4-11(3)10-15(5-2)13(16)9-14-8-12-6-7-12;/h11-12,14H,4-10H2,1-3H3;1H. The van der Waals surface area contributed by atoms with E-state index in [0.717, 1.165) is 32.0 Å². The summed E-state index contributed by atoms with van der Waals surface area (Å²) in [5, 5.41) is 3.26. The molecule has 0 saturated heterocycles. The number of nitrogens with one attached hydrogen (secondary N) is 1. The van der Waals surface area contributed by atoms with E-state index in [0.29, 0.717) is 12.5 Å². The fourth-order valence-corrected chi connectivity index (χ4v) is 1.73. The fraction of sp³-hybridized carbons (Fsp3) is 0.923. The zero-order valence-electron chi connectivity index (χ0n) is 11.4. The van der Waals surface area contributed by atoms with Crippen LogP contribution in [0.5, 0.6) is 0 Å². The lowest BCUT2D eigenvalue weighted by Crippen LogP contribution is -2.40. The van der Waals surface area contributed by atoms with Crippen molar-refractivity contribution in [2.45, 2.75) is 40.0 Å². The van der Waals surface area contributed by atoms with E-state index in [1.165, 1.54) is 12.8 Å².